The van der Waals surface area contributed by atoms with Crippen molar-refractivity contribution >= 4 is 28.6 Å². The summed E-state index contributed by atoms with van der Waals surface area (Å²) in [5, 5.41) is 5.29. The zero-order valence-electron chi connectivity index (χ0n) is 8.53. The lowest BCUT2D eigenvalue weighted by molar-refractivity contribution is 1.12. The normalized spacial score (nSPS) is 14.1. The van der Waals surface area contributed by atoms with E-state index < -0.39 is 0 Å². The summed E-state index contributed by atoms with van der Waals surface area (Å²) in [5.41, 5.74) is 6.62. The second kappa shape index (κ2) is 3.13. The fourth-order valence-electron chi connectivity index (χ4n) is 2.26. The Hall–Kier alpha value is -1.76. The fourth-order valence-corrected chi connectivity index (χ4v) is 2.26. The molecule has 2 N–H and O–H groups in total. The molecule has 1 nitrogen and oxygen atoms in total. The van der Waals surface area contributed by atoms with Crippen molar-refractivity contribution in [2.45, 2.75) is 12.8 Å². The van der Waals surface area contributed by atoms with Crippen molar-refractivity contribution in [2.75, 3.05) is 5.73 Å². The Bertz CT molecular complexity index is 638. The summed E-state index contributed by atoms with van der Waals surface area (Å²) >= 11 is 0. The molecule has 0 saturated carbocycles. The van der Waals surface area contributed by atoms with E-state index in [-0.39, 0.29) is 0 Å². The van der Waals surface area contributed by atoms with Crippen LogP contribution in [0.4, 0.5) is 5.69 Å². The maximum Gasteiger partial charge on any atom is 0.0320 e. The minimum absolute atomic E-state index is 0.835. The lowest BCUT2D eigenvalue weighted by Crippen LogP contribution is -2.26. The Balaban J connectivity index is 2.54. The molecule has 0 amide bonds. The maximum atomic E-state index is 5.78. The molecule has 0 spiro atoms. The molecule has 3 rings (SSSR count). The first-order valence-corrected chi connectivity index (χ1v) is 5.33. The predicted molar refractivity (Wildman–Crippen MR) is 65.8 cm³/mol. The first-order chi connectivity index (χ1) is 7.34. The van der Waals surface area contributed by atoms with Crippen molar-refractivity contribution in [1.29, 1.82) is 0 Å². The summed E-state index contributed by atoms with van der Waals surface area (Å²) in [4.78, 5) is 0. The topological polar surface area (TPSA) is 26.0 Å². The highest BCUT2D eigenvalue weighted by molar-refractivity contribution is 5.86. The zero-order valence-corrected chi connectivity index (χ0v) is 8.53. The summed E-state index contributed by atoms with van der Waals surface area (Å²) in [7, 11) is 0. The summed E-state index contributed by atoms with van der Waals surface area (Å²) in [6.07, 6.45) is 6.95. The Labute approximate surface area is 88.5 Å². The summed E-state index contributed by atoms with van der Waals surface area (Å²) in [6.45, 7) is 0. The van der Waals surface area contributed by atoms with E-state index in [1.807, 2.05) is 12.1 Å². The number of anilines is 1. The Kier molecular flexibility index (Phi) is 1.78. The van der Waals surface area contributed by atoms with Gasteiger partial charge < -0.3 is 5.73 Å². The molecule has 0 radical (unpaired) electrons. The van der Waals surface area contributed by atoms with Crippen molar-refractivity contribution in [1.82, 2.24) is 0 Å². The van der Waals surface area contributed by atoms with Crippen LogP contribution in [-0.2, 0) is 0 Å². The van der Waals surface area contributed by atoms with Gasteiger partial charge in [-0.15, -0.1) is 0 Å². The second-order valence-corrected chi connectivity index (χ2v) is 4.03. The molecule has 0 aromatic heterocycles. The first kappa shape index (κ1) is 8.54. The highest BCUT2D eigenvalue weighted by atomic mass is 14.5. The van der Waals surface area contributed by atoms with E-state index in [4.69, 9.17) is 5.73 Å². The van der Waals surface area contributed by atoms with Gasteiger partial charge in [0.25, 0.3) is 0 Å². The summed E-state index contributed by atoms with van der Waals surface area (Å²) in [6, 6.07) is 10.5. The molecule has 74 valence electrons. The van der Waals surface area contributed by atoms with Crippen molar-refractivity contribution in [2.24, 2.45) is 0 Å². The molecule has 1 heteroatoms. The molecule has 15 heavy (non-hydrogen) atoms. The van der Waals surface area contributed by atoms with Crippen LogP contribution in [0.25, 0.3) is 22.9 Å². The summed E-state index contributed by atoms with van der Waals surface area (Å²) < 4.78 is 0. The van der Waals surface area contributed by atoms with Crippen LogP contribution in [0.3, 0.4) is 0 Å². The van der Waals surface area contributed by atoms with Gasteiger partial charge >= 0.3 is 0 Å². The first-order valence-electron chi connectivity index (χ1n) is 5.33. The third-order valence-electron chi connectivity index (χ3n) is 3.00. The molecule has 1 aliphatic rings. The third kappa shape index (κ3) is 1.32. The Morgan fingerprint density at radius 3 is 2.73 bits per heavy atom. The van der Waals surface area contributed by atoms with Crippen molar-refractivity contribution in [3.63, 3.8) is 0 Å². The van der Waals surface area contributed by atoms with Crippen molar-refractivity contribution < 1.29 is 0 Å². The standard InChI is InChI=1S/C14H13N/c15-12-7-8-14-11(9-12)6-5-10-3-1-2-4-13(10)14/h3-9H,1-2,15H2. The number of nitrogen functional groups attached to an aromatic ring is 1. The molecule has 2 aromatic carbocycles. The molecule has 2 aromatic rings. The van der Waals surface area contributed by atoms with Gasteiger partial charge in [-0.2, -0.15) is 0 Å². The molecule has 0 bridgehead atoms. The van der Waals surface area contributed by atoms with Crippen molar-refractivity contribution in [3.05, 3.63) is 40.8 Å². The van der Waals surface area contributed by atoms with E-state index in [2.05, 4.69) is 30.4 Å². The minimum Gasteiger partial charge on any atom is -0.399 e. The average Bonchev–Trinajstić information content (AvgIpc) is 2.28. The fraction of sp³-hybridized carbons (Fsp3) is 0.143. The van der Waals surface area contributed by atoms with Gasteiger partial charge in [0.05, 0.1) is 0 Å². The molecule has 0 saturated heterocycles. The van der Waals surface area contributed by atoms with Gasteiger partial charge in [0.15, 0.2) is 0 Å². The molecule has 0 heterocycles. The zero-order chi connectivity index (χ0) is 10.3. The third-order valence-corrected chi connectivity index (χ3v) is 3.00. The summed E-state index contributed by atoms with van der Waals surface area (Å²) in [5.74, 6) is 0. The monoisotopic (exact) mass is 195 g/mol. The van der Waals surface area contributed by atoms with Crippen LogP contribution in [0.15, 0.2) is 30.3 Å². The second-order valence-electron chi connectivity index (χ2n) is 4.03. The van der Waals surface area contributed by atoms with Gasteiger partial charge in [0.2, 0.25) is 0 Å². The van der Waals surface area contributed by atoms with Crippen LogP contribution >= 0.6 is 0 Å². The number of rotatable bonds is 0. The van der Waals surface area contributed by atoms with Crippen LogP contribution in [0.1, 0.15) is 12.8 Å². The molecule has 1 aliphatic carbocycles. The van der Waals surface area contributed by atoms with Gasteiger partial charge in [0, 0.05) is 5.69 Å². The molecular weight excluding hydrogens is 182 g/mol. The van der Waals surface area contributed by atoms with Crippen LogP contribution in [0.2, 0.25) is 0 Å². The van der Waals surface area contributed by atoms with Gasteiger partial charge in [-0.05, 0) is 46.2 Å². The number of benzene rings is 2. The number of nitrogens with two attached hydrogens (primary N) is 1. The Morgan fingerprint density at radius 1 is 0.933 bits per heavy atom. The van der Waals surface area contributed by atoms with Gasteiger partial charge in [-0.3, -0.25) is 0 Å². The quantitative estimate of drug-likeness (QED) is 0.637. The highest BCUT2D eigenvalue weighted by Gasteiger charge is 1.99. The lowest BCUT2D eigenvalue weighted by atomic mass is 10.0. The van der Waals surface area contributed by atoms with E-state index >= 15 is 0 Å². The number of fused-ring (bicyclic) bond motifs is 3. The SMILES string of the molecule is Nc1ccc2c3c(ccc2c1)=CCCC=3. The predicted octanol–water partition coefficient (Wildman–Crippen LogP) is 1.78. The maximum absolute atomic E-state index is 5.78. The van der Waals surface area contributed by atoms with Crippen LogP contribution in [0.5, 0.6) is 0 Å². The Morgan fingerprint density at radius 2 is 1.80 bits per heavy atom. The molecule has 0 aliphatic heterocycles. The molecule has 0 unspecified atom stereocenters. The van der Waals surface area contributed by atoms with E-state index in [1.54, 1.807) is 0 Å². The van der Waals surface area contributed by atoms with Crippen LogP contribution in [-0.4, -0.2) is 0 Å². The van der Waals surface area contributed by atoms with E-state index in [1.165, 1.54) is 21.2 Å². The lowest BCUT2D eigenvalue weighted by Gasteiger charge is -2.05. The molecular formula is C14H13N. The highest BCUT2D eigenvalue weighted by Crippen LogP contribution is 2.13. The molecule has 0 fully saturated rings. The van der Waals surface area contributed by atoms with Crippen LogP contribution < -0.4 is 16.2 Å². The largest absolute Gasteiger partial charge is 0.399 e. The number of hydrogen-bond donors (Lipinski definition) is 1. The average molecular weight is 195 g/mol. The number of hydrogen-bond acceptors (Lipinski definition) is 1. The minimum atomic E-state index is 0.835. The van der Waals surface area contributed by atoms with E-state index in [9.17, 15) is 0 Å². The smallest absolute Gasteiger partial charge is 0.0320 e. The van der Waals surface area contributed by atoms with Crippen LogP contribution in [0, 0.1) is 0 Å². The van der Waals surface area contributed by atoms with Crippen molar-refractivity contribution in [3.8, 4) is 0 Å². The van der Waals surface area contributed by atoms with E-state index in [0.29, 0.717) is 0 Å². The van der Waals surface area contributed by atoms with Gasteiger partial charge in [-0.25, -0.2) is 0 Å². The molecule has 0 atom stereocenters. The van der Waals surface area contributed by atoms with Gasteiger partial charge in [-0.1, -0.05) is 30.4 Å². The van der Waals surface area contributed by atoms with E-state index in [0.717, 1.165) is 18.5 Å². The van der Waals surface area contributed by atoms with Gasteiger partial charge in [0.1, 0.15) is 0 Å².